The van der Waals surface area contributed by atoms with E-state index < -0.39 is 0 Å². The van der Waals surface area contributed by atoms with Gasteiger partial charge in [0.15, 0.2) is 5.01 Å². The van der Waals surface area contributed by atoms with Crippen molar-refractivity contribution in [3.8, 4) is 5.75 Å². The summed E-state index contributed by atoms with van der Waals surface area (Å²) in [6, 6.07) is 15.2. The third-order valence-corrected chi connectivity index (χ3v) is 7.01. The Morgan fingerprint density at radius 3 is 2.80 bits per heavy atom. The van der Waals surface area contributed by atoms with Crippen molar-refractivity contribution >= 4 is 28.8 Å². The minimum atomic E-state index is -0.374. The summed E-state index contributed by atoms with van der Waals surface area (Å²) in [5, 5.41) is 14.7. The van der Waals surface area contributed by atoms with Gasteiger partial charge in [-0.25, -0.2) is 0 Å². The molecule has 0 radical (unpaired) electrons. The van der Waals surface area contributed by atoms with Crippen molar-refractivity contribution in [2.45, 2.75) is 45.8 Å². The fourth-order valence-corrected chi connectivity index (χ4v) is 4.74. The number of aromatic nitrogens is 2. The lowest BCUT2D eigenvalue weighted by atomic mass is 10.0. The predicted molar refractivity (Wildman–Crippen MR) is 137 cm³/mol. The summed E-state index contributed by atoms with van der Waals surface area (Å²) in [7, 11) is 0. The van der Waals surface area contributed by atoms with Gasteiger partial charge >= 0.3 is 0 Å². The van der Waals surface area contributed by atoms with Crippen LogP contribution in [0.15, 0.2) is 48.5 Å². The lowest BCUT2D eigenvalue weighted by Gasteiger charge is -2.33. The van der Waals surface area contributed by atoms with Crippen molar-refractivity contribution < 1.29 is 14.3 Å². The fourth-order valence-electron chi connectivity index (χ4n) is 4.09. The molecule has 1 saturated heterocycles. The van der Waals surface area contributed by atoms with Crippen molar-refractivity contribution in [2.24, 2.45) is 0 Å². The number of piperidine rings is 1. The highest BCUT2D eigenvalue weighted by Gasteiger charge is 2.18. The van der Waals surface area contributed by atoms with Crippen LogP contribution in [-0.4, -0.2) is 52.6 Å². The Hall–Kier alpha value is -3.30. The van der Waals surface area contributed by atoms with Crippen molar-refractivity contribution in [2.75, 3.05) is 25.0 Å². The minimum absolute atomic E-state index is 0.155. The zero-order valence-corrected chi connectivity index (χ0v) is 20.9. The smallest absolute Gasteiger partial charge is 0.286 e. The standard InChI is InChI=1S/C26H31N5O3S/c1-18-8-3-4-12-22(18)34-17-23-29-30-26(35-23)25(33)28-21-11-7-10-20(16-21)24(32)27-13-15-31-14-6-5-9-19(31)2/h3-4,7-8,10-12,16,19H,5-6,9,13-15,17H2,1-2H3,(H,27,32)(H,28,33). The van der Waals surface area contributed by atoms with Gasteiger partial charge in [0, 0.05) is 30.4 Å². The molecule has 1 atom stereocenters. The first kappa shape index (κ1) is 24.8. The fraction of sp³-hybridized carbons (Fsp3) is 0.385. The third-order valence-electron chi connectivity index (χ3n) is 6.11. The molecule has 1 unspecified atom stereocenters. The first-order valence-corrected chi connectivity index (χ1v) is 12.8. The van der Waals surface area contributed by atoms with Gasteiger partial charge in [0.1, 0.15) is 12.4 Å². The molecule has 2 amide bonds. The second kappa shape index (κ2) is 11.9. The van der Waals surface area contributed by atoms with E-state index in [1.54, 1.807) is 24.3 Å². The van der Waals surface area contributed by atoms with E-state index in [0.717, 1.165) is 24.4 Å². The molecule has 2 heterocycles. The summed E-state index contributed by atoms with van der Waals surface area (Å²) in [4.78, 5) is 27.7. The maximum Gasteiger partial charge on any atom is 0.286 e. The maximum atomic E-state index is 12.7. The van der Waals surface area contributed by atoms with E-state index in [2.05, 4.69) is 32.7 Å². The highest BCUT2D eigenvalue weighted by molar-refractivity contribution is 7.13. The van der Waals surface area contributed by atoms with Crippen molar-refractivity contribution in [3.63, 3.8) is 0 Å². The molecular formula is C26H31N5O3S. The number of carbonyl (C=O) groups is 2. The Bertz CT molecular complexity index is 1170. The van der Waals surface area contributed by atoms with Gasteiger partial charge in [0.05, 0.1) is 0 Å². The van der Waals surface area contributed by atoms with E-state index in [-0.39, 0.29) is 23.4 Å². The molecule has 0 aliphatic carbocycles. The topological polar surface area (TPSA) is 96.5 Å². The number of ether oxygens (including phenoxy) is 1. The van der Waals surface area contributed by atoms with E-state index >= 15 is 0 Å². The molecular weight excluding hydrogens is 462 g/mol. The molecule has 9 heteroatoms. The van der Waals surface area contributed by atoms with Crippen LogP contribution >= 0.6 is 11.3 Å². The lowest BCUT2D eigenvalue weighted by Crippen LogP contribution is -2.42. The number of rotatable bonds is 9. The largest absolute Gasteiger partial charge is 0.486 e. The van der Waals surface area contributed by atoms with E-state index in [0.29, 0.717) is 28.8 Å². The highest BCUT2D eigenvalue weighted by atomic mass is 32.1. The van der Waals surface area contributed by atoms with Crippen LogP contribution in [0.5, 0.6) is 5.75 Å². The molecule has 1 aromatic heterocycles. The SMILES string of the molecule is Cc1ccccc1OCc1nnc(C(=O)Nc2cccc(C(=O)NCCN3CCCCC3C)c2)s1. The monoisotopic (exact) mass is 493 g/mol. The van der Waals surface area contributed by atoms with Crippen molar-refractivity contribution in [3.05, 3.63) is 69.7 Å². The number of carbonyl (C=O) groups excluding carboxylic acids is 2. The average molecular weight is 494 g/mol. The number of aryl methyl sites for hydroxylation is 1. The molecule has 2 aromatic carbocycles. The van der Waals surface area contributed by atoms with E-state index in [4.69, 9.17) is 4.74 Å². The molecule has 4 rings (SSSR count). The number of likely N-dealkylation sites (tertiary alicyclic amines) is 1. The maximum absolute atomic E-state index is 12.7. The number of amides is 2. The number of para-hydroxylation sites is 1. The van der Waals surface area contributed by atoms with Gasteiger partial charge in [-0.2, -0.15) is 0 Å². The van der Waals surface area contributed by atoms with Crippen LogP contribution in [0.1, 0.15) is 56.9 Å². The summed E-state index contributed by atoms with van der Waals surface area (Å²) in [5.74, 6) is 0.243. The average Bonchev–Trinajstić information content (AvgIpc) is 3.34. The molecule has 0 spiro atoms. The van der Waals surface area contributed by atoms with Gasteiger partial charge in [0.25, 0.3) is 11.8 Å². The molecule has 0 saturated carbocycles. The number of nitrogens with one attached hydrogen (secondary N) is 2. The number of nitrogens with zero attached hydrogens (tertiary/aromatic N) is 3. The summed E-state index contributed by atoms with van der Waals surface area (Å²) in [6.07, 6.45) is 3.71. The van der Waals surface area contributed by atoms with Crippen molar-refractivity contribution in [1.82, 2.24) is 20.4 Å². The Labute approximate surface area is 209 Å². The zero-order valence-electron chi connectivity index (χ0n) is 20.1. The normalized spacial score (nSPS) is 16.0. The van der Waals surface area contributed by atoms with Crippen LogP contribution in [0.25, 0.3) is 0 Å². The van der Waals surface area contributed by atoms with Gasteiger partial charge in [-0.1, -0.05) is 42.0 Å². The number of benzene rings is 2. The van der Waals surface area contributed by atoms with Gasteiger partial charge in [-0.05, 0) is 63.1 Å². The van der Waals surface area contributed by atoms with Crippen LogP contribution in [0, 0.1) is 6.92 Å². The van der Waals surface area contributed by atoms with Crippen molar-refractivity contribution in [1.29, 1.82) is 0 Å². The zero-order chi connectivity index (χ0) is 24.6. The summed E-state index contributed by atoms with van der Waals surface area (Å²) < 4.78 is 5.78. The van der Waals surface area contributed by atoms with Gasteiger partial charge in [0.2, 0.25) is 5.01 Å². The molecule has 0 bridgehead atoms. The van der Waals surface area contributed by atoms with Crippen LogP contribution in [-0.2, 0) is 6.61 Å². The molecule has 1 aliphatic heterocycles. The molecule has 3 aromatic rings. The Kier molecular flexibility index (Phi) is 8.44. The van der Waals surface area contributed by atoms with Crippen LogP contribution < -0.4 is 15.4 Å². The summed E-state index contributed by atoms with van der Waals surface area (Å²) in [6.45, 7) is 6.98. The van der Waals surface area contributed by atoms with E-state index in [9.17, 15) is 9.59 Å². The van der Waals surface area contributed by atoms with Crippen LogP contribution in [0.4, 0.5) is 5.69 Å². The molecule has 1 aliphatic rings. The molecule has 184 valence electrons. The number of anilines is 1. The lowest BCUT2D eigenvalue weighted by molar-refractivity contribution is 0.0937. The molecule has 8 nitrogen and oxygen atoms in total. The Morgan fingerprint density at radius 2 is 1.97 bits per heavy atom. The summed E-state index contributed by atoms with van der Waals surface area (Å²) in [5.41, 5.74) is 2.05. The Balaban J connectivity index is 1.28. The number of hydrogen-bond acceptors (Lipinski definition) is 7. The van der Waals surface area contributed by atoms with Gasteiger partial charge in [-0.15, -0.1) is 10.2 Å². The molecule has 35 heavy (non-hydrogen) atoms. The predicted octanol–water partition coefficient (Wildman–Crippen LogP) is 4.28. The van der Waals surface area contributed by atoms with Crippen LogP contribution in [0.2, 0.25) is 0 Å². The Morgan fingerprint density at radius 1 is 1.11 bits per heavy atom. The minimum Gasteiger partial charge on any atom is -0.486 e. The molecule has 2 N–H and O–H groups in total. The number of hydrogen-bond donors (Lipinski definition) is 2. The summed E-state index contributed by atoms with van der Waals surface area (Å²) >= 11 is 1.18. The second-order valence-electron chi connectivity index (χ2n) is 8.73. The van der Waals surface area contributed by atoms with Gasteiger partial charge < -0.3 is 15.4 Å². The van der Waals surface area contributed by atoms with E-state index in [1.165, 1.54) is 30.6 Å². The first-order chi connectivity index (χ1) is 17.0. The highest BCUT2D eigenvalue weighted by Crippen LogP contribution is 2.20. The quantitative estimate of drug-likeness (QED) is 0.462. The molecule has 1 fully saturated rings. The van der Waals surface area contributed by atoms with Crippen LogP contribution in [0.3, 0.4) is 0 Å². The van der Waals surface area contributed by atoms with Gasteiger partial charge in [-0.3, -0.25) is 14.5 Å². The van der Waals surface area contributed by atoms with E-state index in [1.807, 2.05) is 31.2 Å². The third kappa shape index (κ3) is 6.86. The second-order valence-corrected chi connectivity index (χ2v) is 9.79. The first-order valence-electron chi connectivity index (χ1n) is 11.9.